The van der Waals surface area contributed by atoms with Crippen molar-refractivity contribution in [3.8, 4) is 0 Å². The van der Waals surface area contributed by atoms with Crippen LogP contribution in [0.5, 0.6) is 0 Å². The summed E-state index contributed by atoms with van der Waals surface area (Å²) in [5, 5.41) is 2.77. The number of aryl methyl sites for hydroxylation is 1. The lowest BCUT2D eigenvalue weighted by molar-refractivity contribution is 0.0935. The van der Waals surface area contributed by atoms with E-state index >= 15 is 0 Å². The topological polar surface area (TPSA) is 66.5 Å². The summed E-state index contributed by atoms with van der Waals surface area (Å²) >= 11 is 0. The largest absolute Gasteiger partial charge is 0.345 e. The third kappa shape index (κ3) is 4.42. The van der Waals surface area contributed by atoms with Crippen molar-refractivity contribution in [1.82, 2.24) is 9.62 Å². The summed E-state index contributed by atoms with van der Waals surface area (Å²) in [6.45, 7) is 9.80. The van der Waals surface area contributed by atoms with E-state index in [0.29, 0.717) is 13.1 Å². The van der Waals surface area contributed by atoms with Crippen LogP contribution >= 0.6 is 0 Å². The fraction of sp³-hybridized carbons (Fsp3) is 0.381. The molecule has 0 aromatic heterocycles. The van der Waals surface area contributed by atoms with E-state index in [2.05, 4.69) is 5.32 Å². The average Bonchev–Trinajstić information content (AvgIpc) is 2.64. The fourth-order valence-corrected chi connectivity index (χ4v) is 4.63. The molecular weight excluding hydrogens is 379 g/mol. The van der Waals surface area contributed by atoms with Gasteiger partial charge >= 0.3 is 0 Å². The van der Waals surface area contributed by atoms with Crippen LogP contribution in [0.3, 0.4) is 0 Å². The van der Waals surface area contributed by atoms with Crippen molar-refractivity contribution in [2.45, 2.75) is 45.6 Å². The molecule has 0 heterocycles. The first-order valence-electron chi connectivity index (χ1n) is 9.30. The first-order valence-corrected chi connectivity index (χ1v) is 10.7. The van der Waals surface area contributed by atoms with Gasteiger partial charge in [0, 0.05) is 13.1 Å². The number of hydrogen-bond donors (Lipinski definition) is 1. The van der Waals surface area contributed by atoms with Gasteiger partial charge in [0.1, 0.15) is 5.82 Å². The van der Waals surface area contributed by atoms with Crippen LogP contribution < -0.4 is 5.32 Å². The molecule has 152 valence electrons. The molecule has 5 nitrogen and oxygen atoms in total. The van der Waals surface area contributed by atoms with Gasteiger partial charge in [-0.3, -0.25) is 4.79 Å². The maximum Gasteiger partial charge on any atom is 0.254 e. The first-order chi connectivity index (χ1) is 13.1. The van der Waals surface area contributed by atoms with E-state index in [0.717, 1.165) is 28.8 Å². The molecule has 0 radical (unpaired) electrons. The molecule has 1 amide bonds. The highest BCUT2D eigenvalue weighted by Gasteiger charge is 2.25. The van der Waals surface area contributed by atoms with Gasteiger partial charge in [0.25, 0.3) is 5.91 Å². The highest BCUT2D eigenvalue weighted by atomic mass is 32.2. The van der Waals surface area contributed by atoms with E-state index in [1.165, 1.54) is 10.4 Å². The van der Waals surface area contributed by atoms with Gasteiger partial charge in [-0.25, -0.2) is 12.8 Å². The number of carbonyl (C=O) groups is 1. The molecule has 0 aliphatic heterocycles. The molecule has 0 aliphatic carbocycles. The zero-order chi connectivity index (χ0) is 21.1. The summed E-state index contributed by atoms with van der Waals surface area (Å²) in [7, 11) is -3.78. The van der Waals surface area contributed by atoms with E-state index in [1.54, 1.807) is 13.8 Å². The third-order valence-corrected chi connectivity index (χ3v) is 7.03. The van der Waals surface area contributed by atoms with Gasteiger partial charge in [-0.2, -0.15) is 4.31 Å². The van der Waals surface area contributed by atoms with Gasteiger partial charge in [0.05, 0.1) is 16.5 Å². The minimum atomic E-state index is -3.78. The van der Waals surface area contributed by atoms with E-state index in [4.69, 9.17) is 0 Å². The molecule has 0 saturated heterocycles. The van der Waals surface area contributed by atoms with Crippen molar-refractivity contribution in [2.75, 3.05) is 13.1 Å². The van der Waals surface area contributed by atoms with Gasteiger partial charge < -0.3 is 5.32 Å². The quantitative estimate of drug-likeness (QED) is 0.757. The Morgan fingerprint density at radius 2 is 1.79 bits per heavy atom. The summed E-state index contributed by atoms with van der Waals surface area (Å²) in [5.74, 6) is -1.41. The maximum absolute atomic E-state index is 14.3. The first kappa shape index (κ1) is 22.0. The Kier molecular flexibility index (Phi) is 6.96. The Balaban J connectivity index is 2.34. The molecule has 7 heteroatoms. The number of hydrogen-bond acceptors (Lipinski definition) is 3. The second-order valence-electron chi connectivity index (χ2n) is 6.72. The normalized spacial score (nSPS) is 12.8. The Morgan fingerprint density at radius 1 is 1.14 bits per heavy atom. The number of carbonyl (C=O) groups excluding carboxylic acids is 1. The number of nitrogens with one attached hydrogen (secondary N) is 1. The van der Waals surface area contributed by atoms with Crippen LogP contribution in [-0.4, -0.2) is 31.7 Å². The molecule has 0 bridgehead atoms. The highest BCUT2D eigenvalue weighted by molar-refractivity contribution is 7.89. The van der Waals surface area contributed by atoms with Crippen LogP contribution in [0.1, 0.15) is 53.9 Å². The third-order valence-electron chi connectivity index (χ3n) is 4.99. The number of nitrogens with zero attached hydrogens (tertiary/aromatic N) is 1. The molecule has 0 saturated carbocycles. The van der Waals surface area contributed by atoms with E-state index < -0.39 is 21.7 Å². The lowest BCUT2D eigenvalue weighted by Gasteiger charge is -2.20. The van der Waals surface area contributed by atoms with Gasteiger partial charge in [-0.05, 0) is 55.7 Å². The Hall–Kier alpha value is -2.25. The van der Waals surface area contributed by atoms with Gasteiger partial charge in [-0.1, -0.05) is 32.0 Å². The SMILES string of the molecule is CCN(CC)S(=O)(=O)c1ccc(F)c(C(=O)NC(C)c2cccc(C)c2C)c1. The van der Waals surface area contributed by atoms with Crippen molar-refractivity contribution in [3.63, 3.8) is 0 Å². The van der Waals surface area contributed by atoms with Crippen molar-refractivity contribution in [3.05, 3.63) is 64.5 Å². The minimum absolute atomic E-state index is 0.0952. The monoisotopic (exact) mass is 406 g/mol. The molecule has 0 fully saturated rings. The van der Waals surface area contributed by atoms with Gasteiger partial charge in [0.15, 0.2) is 0 Å². The van der Waals surface area contributed by atoms with Crippen molar-refractivity contribution >= 4 is 15.9 Å². The molecular formula is C21H27FN2O3S. The smallest absolute Gasteiger partial charge is 0.254 e. The molecule has 2 aromatic carbocycles. The predicted molar refractivity (Wildman–Crippen MR) is 108 cm³/mol. The number of rotatable bonds is 7. The van der Waals surface area contributed by atoms with Crippen molar-refractivity contribution in [2.24, 2.45) is 0 Å². The van der Waals surface area contributed by atoms with E-state index in [1.807, 2.05) is 39.0 Å². The number of benzene rings is 2. The van der Waals surface area contributed by atoms with Crippen LogP contribution in [0.25, 0.3) is 0 Å². The fourth-order valence-electron chi connectivity index (χ4n) is 3.15. The van der Waals surface area contributed by atoms with Crippen molar-refractivity contribution < 1.29 is 17.6 Å². The molecule has 2 rings (SSSR count). The van der Waals surface area contributed by atoms with Crippen molar-refractivity contribution in [1.29, 1.82) is 0 Å². The summed E-state index contributed by atoms with van der Waals surface area (Å²) in [6, 6.07) is 8.75. The van der Waals surface area contributed by atoms with Crippen LogP contribution in [0.2, 0.25) is 0 Å². The summed E-state index contributed by atoms with van der Waals surface area (Å²) < 4.78 is 40.9. The number of amides is 1. The van der Waals surface area contributed by atoms with Crippen LogP contribution in [-0.2, 0) is 10.0 Å². The van der Waals surface area contributed by atoms with Gasteiger partial charge in [-0.15, -0.1) is 0 Å². The lowest BCUT2D eigenvalue weighted by atomic mass is 9.98. The molecule has 0 spiro atoms. The summed E-state index contributed by atoms with van der Waals surface area (Å²) in [5.41, 5.74) is 2.79. The second-order valence-corrected chi connectivity index (χ2v) is 8.65. The van der Waals surface area contributed by atoms with Gasteiger partial charge in [0.2, 0.25) is 10.0 Å². The van der Waals surface area contributed by atoms with Crippen LogP contribution in [0.4, 0.5) is 4.39 Å². The highest BCUT2D eigenvalue weighted by Crippen LogP contribution is 2.22. The minimum Gasteiger partial charge on any atom is -0.345 e. The molecule has 28 heavy (non-hydrogen) atoms. The van der Waals surface area contributed by atoms with E-state index in [-0.39, 0.29) is 16.5 Å². The molecule has 0 aliphatic rings. The Morgan fingerprint density at radius 3 is 2.39 bits per heavy atom. The van der Waals surface area contributed by atoms with Crippen LogP contribution in [0.15, 0.2) is 41.3 Å². The zero-order valence-electron chi connectivity index (χ0n) is 16.9. The summed E-state index contributed by atoms with van der Waals surface area (Å²) in [4.78, 5) is 12.6. The van der Waals surface area contributed by atoms with Crippen LogP contribution in [0, 0.1) is 19.7 Å². The summed E-state index contributed by atoms with van der Waals surface area (Å²) in [6.07, 6.45) is 0. The zero-order valence-corrected chi connectivity index (χ0v) is 17.7. The molecule has 1 atom stereocenters. The molecule has 1 N–H and O–H groups in total. The average molecular weight is 407 g/mol. The number of halogens is 1. The second kappa shape index (κ2) is 8.84. The lowest BCUT2D eigenvalue weighted by Crippen LogP contribution is -2.31. The standard InChI is InChI=1S/C21H27FN2O3S/c1-6-24(7-2)28(26,27)17-11-12-20(22)19(13-17)21(25)23-16(5)18-10-8-9-14(3)15(18)4/h8-13,16H,6-7H2,1-5H3,(H,23,25). The predicted octanol–water partition coefficient (Wildman–Crippen LogP) is 3.96. The van der Waals surface area contributed by atoms with E-state index in [9.17, 15) is 17.6 Å². The maximum atomic E-state index is 14.3. The Labute approximate surface area is 166 Å². The molecule has 2 aromatic rings. The molecule has 1 unspecified atom stereocenters. The number of sulfonamides is 1. The Bertz CT molecular complexity index is 970.